The molecule has 0 bridgehead atoms. The summed E-state index contributed by atoms with van der Waals surface area (Å²) in [5.74, 6) is 2.18. The SMILES string of the molecule is O=C(CC1CSCCS1)N1CCC(O)(C(=O)O)CC1. The summed E-state index contributed by atoms with van der Waals surface area (Å²) < 4.78 is 0. The van der Waals surface area contributed by atoms with Crippen molar-refractivity contribution >= 4 is 35.4 Å². The molecular formula is C12H19NO4S2. The number of aliphatic hydroxyl groups is 1. The van der Waals surface area contributed by atoms with Crippen LogP contribution in [0, 0.1) is 0 Å². The Hall–Kier alpha value is -0.400. The van der Waals surface area contributed by atoms with E-state index in [1.54, 1.807) is 4.90 Å². The molecule has 0 aromatic heterocycles. The molecule has 0 aromatic carbocycles. The van der Waals surface area contributed by atoms with Crippen LogP contribution in [0.25, 0.3) is 0 Å². The fraction of sp³-hybridized carbons (Fsp3) is 0.833. The largest absolute Gasteiger partial charge is 0.479 e. The van der Waals surface area contributed by atoms with Gasteiger partial charge in [-0.2, -0.15) is 23.5 Å². The maximum atomic E-state index is 12.1. The highest BCUT2D eigenvalue weighted by Crippen LogP contribution is 2.28. The zero-order chi connectivity index (χ0) is 13.9. The molecule has 0 saturated carbocycles. The van der Waals surface area contributed by atoms with E-state index in [0.29, 0.717) is 24.8 Å². The van der Waals surface area contributed by atoms with E-state index in [1.807, 2.05) is 23.5 Å². The molecular weight excluding hydrogens is 286 g/mol. The number of carboxylic acids is 1. The highest BCUT2D eigenvalue weighted by atomic mass is 32.2. The minimum absolute atomic E-state index is 0.0902. The number of carbonyl (C=O) groups excluding carboxylic acids is 1. The highest BCUT2D eigenvalue weighted by Gasteiger charge is 2.40. The van der Waals surface area contributed by atoms with E-state index in [9.17, 15) is 14.7 Å². The zero-order valence-electron chi connectivity index (χ0n) is 10.7. The van der Waals surface area contributed by atoms with E-state index in [4.69, 9.17) is 5.11 Å². The van der Waals surface area contributed by atoms with Crippen molar-refractivity contribution < 1.29 is 19.8 Å². The van der Waals surface area contributed by atoms with Crippen LogP contribution in [0.2, 0.25) is 0 Å². The molecule has 1 atom stereocenters. The average Bonchev–Trinajstić information content (AvgIpc) is 2.40. The van der Waals surface area contributed by atoms with E-state index in [-0.39, 0.29) is 18.7 Å². The number of carboxylic acid groups (broad SMARTS) is 1. The first-order valence-corrected chi connectivity index (χ1v) is 8.64. The van der Waals surface area contributed by atoms with Crippen molar-refractivity contribution in [1.29, 1.82) is 0 Å². The van der Waals surface area contributed by atoms with Crippen molar-refractivity contribution in [2.45, 2.75) is 30.1 Å². The molecule has 2 heterocycles. The summed E-state index contributed by atoms with van der Waals surface area (Å²) in [7, 11) is 0. The fourth-order valence-electron chi connectivity index (χ4n) is 2.32. The molecule has 2 fully saturated rings. The summed E-state index contributed by atoms with van der Waals surface area (Å²) in [5, 5.41) is 19.1. The third-order valence-corrected chi connectivity index (χ3v) is 6.47. The molecule has 1 unspecified atom stereocenters. The van der Waals surface area contributed by atoms with Crippen molar-refractivity contribution in [3.8, 4) is 0 Å². The van der Waals surface area contributed by atoms with Crippen LogP contribution in [0.15, 0.2) is 0 Å². The Morgan fingerprint density at radius 2 is 1.95 bits per heavy atom. The smallest absolute Gasteiger partial charge is 0.335 e. The average molecular weight is 305 g/mol. The summed E-state index contributed by atoms with van der Waals surface area (Å²) >= 11 is 3.73. The molecule has 5 nitrogen and oxygen atoms in total. The Balaban J connectivity index is 1.80. The number of carbonyl (C=O) groups is 2. The van der Waals surface area contributed by atoms with Crippen LogP contribution in [-0.2, 0) is 9.59 Å². The Kier molecular flexibility index (Phi) is 5.03. The fourth-order valence-corrected chi connectivity index (χ4v) is 4.99. The predicted molar refractivity (Wildman–Crippen MR) is 76.6 cm³/mol. The third-order valence-electron chi connectivity index (χ3n) is 3.63. The first-order chi connectivity index (χ1) is 9.01. The van der Waals surface area contributed by atoms with Gasteiger partial charge in [-0.25, -0.2) is 4.79 Å². The number of thioether (sulfide) groups is 2. The molecule has 2 aliphatic heterocycles. The van der Waals surface area contributed by atoms with Crippen LogP contribution in [0.5, 0.6) is 0 Å². The standard InChI is InChI=1S/C12H19NO4S2/c14-10(7-9-8-18-5-6-19-9)13-3-1-12(17,2-4-13)11(15)16/h9,17H,1-8H2,(H,15,16). The van der Waals surface area contributed by atoms with Crippen molar-refractivity contribution in [3.05, 3.63) is 0 Å². The lowest BCUT2D eigenvalue weighted by Crippen LogP contribution is -2.51. The Bertz CT molecular complexity index is 350. The number of rotatable bonds is 3. The summed E-state index contributed by atoms with van der Waals surface area (Å²) in [5.41, 5.74) is -1.65. The van der Waals surface area contributed by atoms with Gasteiger partial charge in [0.1, 0.15) is 0 Å². The summed E-state index contributed by atoms with van der Waals surface area (Å²) in [6.45, 7) is 0.679. The lowest BCUT2D eigenvalue weighted by molar-refractivity contribution is -0.165. The van der Waals surface area contributed by atoms with Crippen LogP contribution < -0.4 is 0 Å². The second-order valence-corrected chi connectivity index (χ2v) is 7.55. The second-order valence-electron chi connectivity index (χ2n) is 4.99. The molecule has 2 rings (SSSR count). The maximum absolute atomic E-state index is 12.1. The number of aliphatic carboxylic acids is 1. The first-order valence-electron chi connectivity index (χ1n) is 6.44. The van der Waals surface area contributed by atoms with Crippen LogP contribution in [0.1, 0.15) is 19.3 Å². The number of nitrogens with zero attached hydrogens (tertiary/aromatic N) is 1. The predicted octanol–water partition coefficient (Wildman–Crippen LogP) is 0.663. The van der Waals surface area contributed by atoms with E-state index < -0.39 is 11.6 Å². The van der Waals surface area contributed by atoms with Gasteiger partial charge in [-0.05, 0) is 0 Å². The molecule has 19 heavy (non-hydrogen) atoms. The summed E-state index contributed by atoms with van der Waals surface area (Å²) in [6.07, 6.45) is 0.782. The molecule has 0 spiro atoms. The number of piperidine rings is 1. The van der Waals surface area contributed by atoms with Gasteiger partial charge in [-0.1, -0.05) is 0 Å². The number of likely N-dealkylation sites (tertiary alicyclic amines) is 1. The van der Waals surface area contributed by atoms with E-state index >= 15 is 0 Å². The Morgan fingerprint density at radius 3 is 2.47 bits per heavy atom. The molecule has 0 aliphatic carbocycles. The number of amides is 1. The first kappa shape index (κ1) is 15.0. The second kappa shape index (κ2) is 6.37. The lowest BCUT2D eigenvalue weighted by Gasteiger charge is -2.36. The van der Waals surface area contributed by atoms with Gasteiger partial charge in [-0.15, -0.1) is 0 Å². The number of hydrogen-bond donors (Lipinski definition) is 2. The van der Waals surface area contributed by atoms with Gasteiger partial charge in [0.05, 0.1) is 0 Å². The van der Waals surface area contributed by atoms with Gasteiger partial charge in [0.25, 0.3) is 0 Å². The molecule has 2 N–H and O–H groups in total. The number of hydrogen-bond acceptors (Lipinski definition) is 5. The van der Waals surface area contributed by atoms with Gasteiger partial charge in [0, 0.05) is 54.9 Å². The molecule has 2 aliphatic rings. The third kappa shape index (κ3) is 3.79. The van der Waals surface area contributed by atoms with E-state index in [2.05, 4.69) is 0 Å². The zero-order valence-corrected chi connectivity index (χ0v) is 12.3. The van der Waals surface area contributed by atoms with Crippen molar-refractivity contribution in [1.82, 2.24) is 4.90 Å². The van der Waals surface area contributed by atoms with E-state index in [0.717, 1.165) is 17.3 Å². The Labute approximate surface area is 121 Å². The van der Waals surface area contributed by atoms with E-state index in [1.165, 1.54) is 0 Å². The highest BCUT2D eigenvalue weighted by molar-refractivity contribution is 8.06. The quantitative estimate of drug-likeness (QED) is 0.798. The molecule has 0 aromatic rings. The summed E-state index contributed by atoms with van der Waals surface area (Å²) in [4.78, 5) is 24.7. The molecule has 7 heteroatoms. The topological polar surface area (TPSA) is 77.8 Å². The minimum atomic E-state index is -1.65. The van der Waals surface area contributed by atoms with Gasteiger partial charge in [0.2, 0.25) is 5.91 Å². The normalized spacial score (nSPS) is 27.0. The summed E-state index contributed by atoms with van der Waals surface area (Å²) in [6, 6.07) is 0. The van der Waals surface area contributed by atoms with Gasteiger partial charge < -0.3 is 15.1 Å². The van der Waals surface area contributed by atoms with Gasteiger partial charge in [-0.3, -0.25) is 4.79 Å². The van der Waals surface area contributed by atoms with Crippen LogP contribution >= 0.6 is 23.5 Å². The molecule has 0 radical (unpaired) electrons. The molecule has 2 saturated heterocycles. The van der Waals surface area contributed by atoms with Gasteiger partial charge in [0.15, 0.2) is 5.60 Å². The monoisotopic (exact) mass is 305 g/mol. The lowest BCUT2D eigenvalue weighted by atomic mass is 9.91. The van der Waals surface area contributed by atoms with Crippen LogP contribution in [0.3, 0.4) is 0 Å². The van der Waals surface area contributed by atoms with Crippen LogP contribution in [0.4, 0.5) is 0 Å². The molecule has 1 amide bonds. The Morgan fingerprint density at radius 1 is 1.26 bits per heavy atom. The van der Waals surface area contributed by atoms with Gasteiger partial charge >= 0.3 is 5.97 Å². The molecule has 108 valence electrons. The van der Waals surface area contributed by atoms with Crippen molar-refractivity contribution in [2.75, 3.05) is 30.3 Å². The van der Waals surface area contributed by atoms with Crippen molar-refractivity contribution in [2.24, 2.45) is 0 Å². The van der Waals surface area contributed by atoms with Crippen molar-refractivity contribution in [3.63, 3.8) is 0 Å². The minimum Gasteiger partial charge on any atom is -0.479 e. The van der Waals surface area contributed by atoms with Crippen LogP contribution in [-0.4, -0.2) is 68.2 Å². The maximum Gasteiger partial charge on any atom is 0.335 e.